The molecule has 32 heavy (non-hydrogen) atoms. The lowest BCUT2D eigenvalue weighted by atomic mass is 9.97. The Morgan fingerprint density at radius 1 is 1.09 bits per heavy atom. The highest BCUT2D eigenvalue weighted by molar-refractivity contribution is 8.15. The van der Waals surface area contributed by atoms with Crippen LogP contribution in [0.25, 0.3) is 0 Å². The summed E-state index contributed by atoms with van der Waals surface area (Å²) in [6.45, 7) is 2.49. The summed E-state index contributed by atoms with van der Waals surface area (Å²) in [4.78, 5) is 43.2. The average molecular weight is 455 g/mol. The molecule has 0 aromatic heterocycles. The van der Waals surface area contributed by atoms with E-state index in [1.54, 1.807) is 24.3 Å². The zero-order valence-corrected chi connectivity index (χ0v) is 19.1. The van der Waals surface area contributed by atoms with Gasteiger partial charge < -0.3 is 15.5 Å². The second-order valence-corrected chi connectivity index (χ2v) is 9.65. The Morgan fingerprint density at radius 3 is 2.59 bits per heavy atom. The number of rotatable bonds is 7. The van der Waals surface area contributed by atoms with Crippen molar-refractivity contribution in [3.05, 3.63) is 41.5 Å². The number of likely N-dealkylation sites (tertiary alicyclic amines) is 1. The van der Waals surface area contributed by atoms with Crippen molar-refractivity contribution in [3.63, 3.8) is 0 Å². The van der Waals surface area contributed by atoms with E-state index in [1.165, 1.54) is 30.2 Å². The molecule has 170 valence electrons. The first-order valence-corrected chi connectivity index (χ1v) is 12.4. The fraction of sp³-hybridized carbons (Fsp3) is 0.500. The first-order chi connectivity index (χ1) is 15.6. The standard InChI is InChI=1S/C24H30N4O3S/c29-21(16-20-23(31)27-24(32-20)28-14-4-5-15-28)26-19-10-8-18(9-11-19)22(30)25-13-12-17-6-2-1-3-7-17/h6,8-11,20H,1-5,7,12-16H2,(H,25,30)(H,26,29)/t20-/m1/s1. The topological polar surface area (TPSA) is 90.9 Å². The number of carbonyl (C=O) groups excluding carboxylic acids is 3. The molecule has 2 heterocycles. The highest BCUT2D eigenvalue weighted by Gasteiger charge is 2.33. The van der Waals surface area contributed by atoms with Crippen LogP contribution in [0.4, 0.5) is 5.69 Å². The Labute approximate surface area is 193 Å². The van der Waals surface area contributed by atoms with E-state index < -0.39 is 5.25 Å². The number of aliphatic imine (C=N–C) groups is 1. The smallest absolute Gasteiger partial charge is 0.262 e. The Balaban J connectivity index is 1.21. The summed E-state index contributed by atoms with van der Waals surface area (Å²) in [5.74, 6) is -0.575. The van der Waals surface area contributed by atoms with E-state index in [1.807, 2.05) is 0 Å². The van der Waals surface area contributed by atoms with Crippen molar-refractivity contribution in [2.24, 2.45) is 4.99 Å². The number of nitrogens with zero attached hydrogens (tertiary/aromatic N) is 2. The normalized spacial score (nSPS) is 20.7. The van der Waals surface area contributed by atoms with Crippen molar-refractivity contribution in [3.8, 4) is 0 Å². The third-order valence-electron chi connectivity index (χ3n) is 6.02. The van der Waals surface area contributed by atoms with Gasteiger partial charge in [-0.3, -0.25) is 14.4 Å². The quantitative estimate of drug-likeness (QED) is 0.613. The molecular weight excluding hydrogens is 424 g/mol. The third-order valence-corrected chi connectivity index (χ3v) is 7.24. The molecule has 0 spiro atoms. The molecule has 4 rings (SSSR count). The zero-order valence-electron chi connectivity index (χ0n) is 18.3. The second kappa shape index (κ2) is 10.8. The van der Waals surface area contributed by atoms with Crippen molar-refractivity contribution < 1.29 is 14.4 Å². The lowest BCUT2D eigenvalue weighted by molar-refractivity contribution is -0.121. The highest BCUT2D eigenvalue weighted by Crippen LogP contribution is 2.29. The summed E-state index contributed by atoms with van der Waals surface area (Å²) >= 11 is 1.39. The Kier molecular flexibility index (Phi) is 7.63. The van der Waals surface area contributed by atoms with Crippen LogP contribution in [0.1, 0.15) is 61.7 Å². The first kappa shape index (κ1) is 22.6. The van der Waals surface area contributed by atoms with Gasteiger partial charge in [0, 0.05) is 37.3 Å². The van der Waals surface area contributed by atoms with Gasteiger partial charge in [-0.1, -0.05) is 23.4 Å². The van der Waals surface area contributed by atoms with Crippen LogP contribution in [-0.4, -0.2) is 52.7 Å². The van der Waals surface area contributed by atoms with Gasteiger partial charge in [0.2, 0.25) is 5.91 Å². The van der Waals surface area contributed by atoms with Crippen LogP contribution in [0, 0.1) is 0 Å². The molecular formula is C24H30N4O3S. The lowest BCUT2D eigenvalue weighted by Crippen LogP contribution is -2.25. The van der Waals surface area contributed by atoms with Crippen LogP contribution in [0.5, 0.6) is 0 Å². The number of allylic oxidation sites excluding steroid dienone is 1. The fourth-order valence-corrected chi connectivity index (χ4v) is 5.33. The highest BCUT2D eigenvalue weighted by atomic mass is 32.2. The first-order valence-electron chi connectivity index (χ1n) is 11.5. The summed E-state index contributed by atoms with van der Waals surface area (Å²) in [5.41, 5.74) is 2.60. The number of hydrogen-bond donors (Lipinski definition) is 2. The molecule has 1 aromatic rings. The molecule has 1 aromatic carbocycles. The molecule has 3 aliphatic rings. The molecule has 1 saturated heterocycles. The second-order valence-electron chi connectivity index (χ2n) is 8.48. The van der Waals surface area contributed by atoms with E-state index in [0.717, 1.165) is 50.4 Å². The minimum Gasteiger partial charge on any atom is -0.352 e. The maximum absolute atomic E-state index is 12.4. The van der Waals surface area contributed by atoms with Crippen LogP contribution in [0.15, 0.2) is 40.9 Å². The van der Waals surface area contributed by atoms with Crippen LogP contribution >= 0.6 is 11.8 Å². The van der Waals surface area contributed by atoms with Gasteiger partial charge in [0.1, 0.15) is 5.25 Å². The van der Waals surface area contributed by atoms with Crippen LogP contribution in [0.2, 0.25) is 0 Å². The van der Waals surface area contributed by atoms with E-state index in [4.69, 9.17) is 0 Å². The summed E-state index contributed by atoms with van der Waals surface area (Å²) in [6.07, 6.45) is 10.3. The van der Waals surface area contributed by atoms with E-state index in [2.05, 4.69) is 26.6 Å². The van der Waals surface area contributed by atoms with Gasteiger partial charge >= 0.3 is 0 Å². The Morgan fingerprint density at radius 2 is 1.88 bits per heavy atom. The largest absolute Gasteiger partial charge is 0.352 e. The van der Waals surface area contributed by atoms with Crippen molar-refractivity contribution in [1.82, 2.24) is 10.2 Å². The zero-order chi connectivity index (χ0) is 22.3. The number of carbonyl (C=O) groups is 3. The minimum atomic E-state index is -0.463. The van der Waals surface area contributed by atoms with E-state index >= 15 is 0 Å². The van der Waals surface area contributed by atoms with E-state index in [9.17, 15) is 14.4 Å². The summed E-state index contributed by atoms with van der Waals surface area (Å²) in [7, 11) is 0. The average Bonchev–Trinajstić information content (AvgIpc) is 3.45. The number of hydrogen-bond acceptors (Lipinski definition) is 5. The van der Waals surface area contributed by atoms with Crippen molar-refractivity contribution in [1.29, 1.82) is 0 Å². The molecule has 0 radical (unpaired) electrons. The Bertz CT molecular complexity index is 920. The van der Waals surface area contributed by atoms with Gasteiger partial charge in [-0.15, -0.1) is 0 Å². The van der Waals surface area contributed by atoms with Gasteiger partial charge in [-0.2, -0.15) is 4.99 Å². The maximum atomic E-state index is 12.4. The molecule has 1 aliphatic carbocycles. The fourth-order valence-electron chi connectivity index (χ4n) is 4.21. The molecule has 0 saturated carbocycles. The predicted octanol–water partition coefficient (Wildman–Crippen LogP) is 3.73. The SMILES string of the molecule is O=C(C[C@H]1SC(N2CCCC2)=NC1=O)Nc1ccc(C(=O)NCCC2=CCCCC2)cc1. The van der Waals surface area contributed by atoms with Crippen LogP contribution in [0.3, 0.4) is 0 Å². The number of nitrogens with one attached hydrogen (secondary N) is 2. The number of amidine groups is 1. The summed E-state index contributed by atoms with van der Waals surface area (Å²) in [5, 5.41) is 6.07. The number of amides is 3. The molecule has 7 nitrogen and oxygen atoms in total. The van der Waals surface area contributed by atoms with Crippen LogP contribution < -0.4 is 10.6 Å². The van der Waals surface area contributed by atoms with Gasteiger partial charge in [-0.25, -0.2) is 0 Å². The number of anilines is 1. The summed E-state index contributed by atoms with van der Waals surface area (Å²) < 4.78 is 0. The predicted molar refractivity (Wildman–Crippen MR) is 128 cm³/mol. The molecule has 8 heteroatoms. The van der Waals surface area contributed by atoms with Crippen molar-refractivity contribution >= 4 is 40.3 Å². The number of benzene rings is 1. The minimum absolute atomic E-state index is 0.0857. The molecule has 0 unspecified atom stereocenters. The lowest BCUT2D eigenvalue weighted by Gasteiger charge is -2.16. The molecule has 2 N–H and O–H groups in total. The maximum Gasteiger partial charge on any atom is 0.262 e. The van der Waals surface area contributed by atoms with Crippen LogP contribution in [-0.2, 0) is 9.59 Å². The van der Waals surface area contributed by atoms with Gasteiger partial charge in [0.15, 0.2) is 5.17 Å². The monoisotopic (exact) mass is 454 g/mol. The molecule has 1 atom stereocenters. The van der Waals surface area contributed by atoms with E-state index in [0.29, 0.717) is 17.8 Å². The third kappa shape index (κ3) is 6.00. The van der Waals surface area contributed by atoms with Gasteiger partial charge in [0.25, 0.3) is 11.8 Å². The molecule has 3 amide bonds. The molecule has 0 bridgehead atoms. The number of thioether (sulfide) groups is 1. The van der Waals surface area contributed by atoms with Crippen molar-refractivity contribution in [2.45, 2.75) is 56.6 Å². The molecule has 1 fully saturated rings. The van der Waals surface area contributed by atoms with Gasteiger partial charge in [-0.05, 0) is 69.2 Å². The Hall–Kier alpha value is -2.61. The van der Waals surface area contributed by atoms with Gasteiger partial charge in [0.05, 0.1) is 0 Å². The van der Waals surface area contributed by atoms with Crippen molar-refractivity contribution in [2.75, 3.05) is 25.0 Å². The van der Waals surface area contributed by atoms with E-state index in [-0.39, 0.29) is 24.1 Å². The summed E-state index contributed by atoms with van der Waals surface area (Å²) in [6, 6.07) is 6.84. The molecule has 2 aliphatic heterocycles.